The predicted molar refractivity (Wildman–Crippen MR) is 81.0 cm³/mol. The van der Waals surface area contributed by atoms with Gasteiger partial charge in [0.25, 0.3) is 0 Å². The Hall–Kier alpha value is -1.10. The highest BCUT2D eigenvalue weighted by molar-refractivity contribution is 5.27. The SMILES string of the molecule is NCCc1ccc(OCCN2CCCCC2CO)cc1. The molecule has 1 heterocycles. The van der Waals surface area contributed by atoms with Crippen LogP contribution >= 0.6 is 0 Å². The van der Waals surface area contributed by atoms with Gasteiger partial charge in [0, 0.05) is 12.6 Å². The largest absolute Gasteiger partial charge is 0.492 e. The molecule has 1 atom stereocenters. The first kappa shape index (κ1) is 15.3. The monoisotopic (exact) mass is 278 g/mol. The van der Waals surface area contributed by atoms with Gasteiger partial charge in [-0.3, -0.25) is 4.90 Å². The van der Waals surface area contributed by atoms with Crippen molar-refractivity contribution < 1.29 is 9.84 Å². The van der Waals surface area contributed by atoms with Gasteiger partial charge in [0.1, 0.15) is 12.4 Å². The van der Waals surface area contributed by atoms with Crippen molar-refractivity contribution in [3.8, 4) is 5.75 Å². The van der Waals surface area contributed by atoms with Gasteiger partial charge >= 0.3 is 0 Å². The van der Waals surface area contributed by atoms with E-state index in [0.29, 0.717) is 19.2 Å². The van der Waals surface area contributed by atoms with Crippen molar-refractivity contribution in [1.82, 2.24) is 4.90 Å². The van der Waals surface area contributed by atoms with Crippen molar-refractivity contribution in [3.63, 3.8) is 0 Å². The Morgan fingerprint density at radius 1 is 1.25 bits per heavy atom. The molecule has 3 N–H and O–H groups in total. The summed E-state index contributed by atoms with van der Waals surface area (Å²) in [5.74, 6) is 0.906. The molecule has 2 rings (SSSR count). The molecule has 1 saturated heterocycles. The minimum Gasteiger partial charge on any atom is -0.492 e. The predicted octanol–water partition coefficient (Wildman–Crippen LogP) is 1.41. The summed E-state index contributed by atoms with van der Waals surface area (Å²) < 4.78 is 5.78. The van der Waals surface area contributed by atoms with Crippen LogP contribution in [0.4, 0.5) is 0 Å². The standard InChI is InChI=1S/C16H26N2O2/c17-9-8-14-4-6-16(7-5-14)20-12-11-18-10-2-1-3-15(18)13-19/h4-7,15,19H,1-3,8-13,17H2. The number of nitrogens with two attached hydrogens (primary N) is 1. The van der Waals surface area contributed by atoms with E-state index in [1.807, 2.05) is 12.1 Å². The summed E-state index contributed by atoms with van der Waals surface area (Å²) in [4.78, 5) is 2.34. The van der Waals surface area contributed by atoms with Crippen LogP contribution in [0.3, 0.4) is 0 Å². The van der Waals surface area contributed by atoms with Crippen LogP contribution in [0.2, 0.25) is 0 Å². The molecule has 20 heavy (non-hydrogen) atoms. The number of benzene rings is 1. The summed E-state index contributed by atoms with van der Waals surface area (Å²) in [7, 11) is 0. The molecule has 1 aromatic rings. The number of piperidine rings is 1. The Labute approximate surface area is 121 Å². The summed E-state index contributed by atoms with van der Waals surface area (Å²) in [5, 5.41) is 9.37. The van der Waals surface area contributed by atoms with E-state index in [1.165, 1.54) is 18.4 Å². The Morgan fingerprint density at radius 2 is 2.05 bits per heavy atom. The molecule has 4 heteroatoms. The number of likely N-dealkylation sites (tertiary alicyclic amines) is 1. The quantitative estimate of drug-likeness (QED) is 0.792. The van der Waals surface area contributed by atoms with Gasteiger partial charge in [0.05, 0.1) is 6.61 Å². The highest BCUT2D eigenvalue weighted by Crippen LogP contribution is 2.17. The number of ether oxygens (including phenoxy) is 1. The summed E-state index contributed by atoms with van der Waals surface area (Å²) in [5.41, 5.74) is 6.78. The molecule has 4 nitrogen and oxygen atoms in total. The van der Waals surface area contributed by atoms with E-state index >= 15 is 0 Å². The van der Waals surface area contributed by atoms with E-state index in [2.05, 4.69) is 17.0 Å². The Morgan fingerprint density at radius 3 is 2.75 bits per heavy atom. The normalized spacial score (nSPS) is 20.0. The van der Waals surface area contributed by atoms with E-state index < -0.39 is 0 Å². The minimum atomic E-state index is 0.258. The molecule has 0 amide bonds. The number of hydrogen-bond donors (Lipinski definition) is 2. The Bertz CT molecular complexity index is 381. The van der Waals surface area contributed by atoms with Gasteiger partial charge in [0.15, 0.2) is 0 Å². The average Bonchev–Trinajstić information content (AvgIpc) is 2.50. The lowest BCUT2D eigenvalue weighted by atomic mass is 10.0. The number of rotatable bonds is 7. The topological polar surface area (TPSA) is 58.7 Å². The van der Waals surface area contributed by atoms with E-state index in [9.17, 15) is 5.11 Å². The molecule has 0 radical (unpaired) electrons. The zero-order chi connectivity index (χ0) is 14.2. The van der Waals surface area contributed by atoms with E-state index in [1.54, 1.807) is 0 Å². The molecule has 1 aromatic carbocycles. The number of aliphatic hydroxyl groups excluding tert-OH is 1. The van der Waals surface area contributed by atoms with Crippen molar-refractivity contribution in [2.75, 3.05) is 32.8 Å². The van der Waals surface area contributed by atoms with Crippen LogP contribution in [0.25, 0.3) is 0 Å². The van der Waals surface area contributed by atoms with E-state index in [-0.39, 0.29) is 6.61 Å². The molecule has 0 aliphatic carbocycles. The van der Waals surface area contributed by atoms with E-state index in [0.717, 1.165) is 31.7 Å². The fourth-order valence-corrected chi connectivity index (χ4v) is 2.76. The average molecular weight is 278 g/mol. The molecular formula is C16H26N2O2. The fraction of sp³-hybridized carbons (Fsp3) is 0.625. The summed E-state index contributed by atoms with van der Waals surface area (Å²) in [6, 6.07) is 8.47. The van der Waals surface area contributed by atoms with Crippen molar-refractivity contribution in [1.29, 1.82) is 0 Å². The van der Waals surface area contributed by atoms with Gasteiger partial charge in [0.2, 0.25) is 0 Å². The number of nitrogens with zero attached hydrogens (tertiary/aromatic N) is 1. The van der Waals surface area contributed by atoms with Gasteiger partial charge in [-0.1, -0.05) is 18.6 Å². The van der Waals surface area contributed by atoms with Crippen molar-refractivity contribution in [2.24, 2.45) is 5.73 Å². The number of hydrogen-bond acceptors (Lipinski definition) is 4. The zero-order valence-corrected chi connectivity index (χ0v) is 12.1. The lowest BCUT2D eigenvalue weighted by Crippen LogP contribution is -2.43. The maximum Gasteiger partial charge on any atom is 0.119 e. The van der Waals surface area contributed by atoms with Crippen LogP contribution in [-0.2, 0) is 6.42 Å². The molecule has 0 spiro atoms. The third-order valence-electron chi connectivity index (χ3n) is 3.96. The molecule has 1 unspecified atom stereocenters. The van der Waals surface area contributed by atoms with Crippen molar-refractivity contribution in [2.45, 2.75) is 31.7 Å². The van der Waals surface area contributed by atoms with Crippen LogP contribution in [0, 0.1) is 0 Å². The molecule has 1 aliphatic heterocycles. The lowest BCUT2D eigenvalue weighted by Gasteiger charge is -2.34. The van der Waals surface area contributed by atoms with Crippen LogP contribution in [0.15, 0.2) is 24.3 Å². The van der Waals surface area contributed by atoms with Crippen molar-refractivity contribution >= 4 is 0 Å². The first-order valence-electron chi connectivity index (χ1n) is 7.60. The van der Waals surface area contributed by atoms with Gasteiger partial charge in [-0.25, -0.2) is 0 Å². The molecule has 1 aliphatic rings. The second kappa shape index (κ2) is 8.25. The lowest BCUT2D eigenvalue weighted by molar-refractivity contribution is 0.0773. The van der Waals surface area contributed by atoms with Crippen LogP contribution in [0.5, 0.6) is 5.75 Å². The minimum absolute atomic E-state index is 0.258. The van der Waals surface area contributed by atoms with Gasteiger partial charge in [-0.2, -0.15) is 0 Å². The second-order valence-corrected chi connectivity index (χ2v) is 5.40. The first-order valence-corrected chi connectivity index (χ1v) is 7.60. The van der Waals surface area contributed by atoms with Gasteiger partial charge < -0.3 is 15.6 Å². The highest BCUT2D eigenvalue weighted by Gasteiger charge is 2.20. The molecule has 0 aromatic heterocycles. The third-order valence-corrected chi connectivity index (χ3v) is 3.96. The van der Waals surface area contributed by atoms with Gasteiger partial charge in [-0.05, 0) is 50.0 Å². The maximum atomic E-state index is 9.37. The van der Waals surface area contributed by atoms with Crippen LogP contribution in [0.1, 0.15) is 24.8 Å². The fourth-order valence-electron chi connectivity index (χ4n) is 2.76. The van der Waals surface area contributed by atoms with Gasteiger partial charge in [-0.15, -0.1) is 0 Å². The number of aliphatic hydroxyl groups is 1. The molecule has 112 valence electrons. The molecular weight excluding hydrogens is 252 g/mol. The van der Waals surface area contributed by atoms with E-state index in [4.69, 9.17) is 10.5 Å². The second-order valence-electron chi connectivity index (χ2n) is 5.40. The maximum absolute atomic E-state index is 9.37. The van der Waals surface area contributed by atoms with Crippen molar-refractivity contribution in [3.05, 3.63) is 29.8 Å². The van der Waals surface area contributed by atoms with Crippen LogP contribution < -0.4 is 10.5 Å². The summed E-state index contributed by atoms with van der Waals surface area (Å²) in [6.45, 7) is 3.57. The van der Waals surface area contributed by atoms with Crippen LogP contribution in [-0.4, -0.2) is 48.9 Å². The molecule has 0 saturated carbocycles. The smallest absolute Gasteiger partial charge is 0.119 e. The molecule has 1 fully saturated rings. The first-order chi connectivity index (χ1) is 9.83. The third kappa shape index (κ3) is 4.47. The summed E-state index contributed by atoms with van der Waals surface area (Å²) >= 11 is 0. The Balaban J connectivity index is 1.74. The zero-order valence-electron chi connectivity index (χ0n) is 12.1. The summed E-state index contributed by atoms with van der Waals surface area (Å²) in [6.07, 6.45) is 4.46. The highest BCUT2D eigenvalue weighted by atomic mass is 16.5. The molecule has 0 bridgehead atoms. The Kier molecular flexibility index (Phi) is 6.30.